The van der Waals surface area contributed by atoms with E-state index in [1.165, 1.54) is 12.1 Å². The zero-order valence-corrected chi connectivity index (χ0v) is 13.7. The second kappa shape index (κ2) is 5.48. The summed E-state index contributed by atoms with van der Waals surface area (Å²) in [6.07, 6.45) is 4.32. The van der Waals surface area contributed by atoms with Crippen molar-refractivity contribution in [2.75, 3.05) is 6.54 Å². The summed E-state index contributed by atoms with van der Waals surface area (Å²) >= 11 is 1.69. The number of rotatable bonds is 4. The van der Waals surface area contributed by atoms with Crippen LogP contribution in [0, 0.1) is 19.8 Å². The quantitative estimate of drug-likeness (QED) is 0.799. The standard InChI is InChI=1S/C15H20N6S/c1-10-13(20-5-6-22-15(20)17-10)8-16-7-12-3-4-14-19-18-11(2)21(14)9-12/h5-6,12,16H,3-4,7-9H2,1-2H3. The van der Waals surface area contributed by atoms with Gasteiger partial charge in [0.05, 0.1) is 11.4 Å². The highest BCUT2D eigenvalue weighted by Gasteiger charge is 2.21. The number of aromatic nitrogens is 5. The third-order valence-corrected chi connectivity index (χ3v) is 5.27. The molecule has 0 aliphatic carbocycles. The third-order valence-electron chi connectivity index (χ3n) is 4.52. The fraction of sp³-hybridized carbons (Fsp3) is 0.533. The summed E-state index contributed by atoms with van der Waals surface area (Å²) in [5, 5.41) is 14.1. The zero-order valence-electron chi connectivity index (χ0n) is 12.9. The highest BCUT2D eigenvalue weighted by molar-refractivity contribution is 7.15. The predicted octanol–water partition coefficient (Wildman–Crippen LogP) is 1.96. The van der Waals surface area contributed by atoms with E-state index in [4.69, 9.17) is 0 Å². The highest BCUT2D eigenvalue weighted by atomic mass is 32.1. The topological polar surface area (TPSA) is 60.0 Å². The van der Waals surface area contributed by atoms with Crippen molar-refractivity contribution < 1.29 is 0 Å². The zero-order chi connectivity index (χ0) is 15.1. The lowest BCUT2D eigenvalue weighted by atomic mass is 9.99. The van der Waals surface area contributed by atoms with Crippen molar-refractivity contribution in [3.05, 3.63) is 34.6 Å². The van der Waals surface area contributed by atoms with Gasteiger partial charge in [0.2, 0.25) is 0 Å². The van der Waals surface area contributed by atoms with Gasteiger partial charge in [-0.2, -0.15) is 0 Å². The molecule has 3 aromatic heterocycles. The first kappa shape index (κ1) is 13.9. The average Bonchev–Trinajstić information content (AvgIpc) is 3.17. The van der Waals surface area contributed by atoms with E-state index in [2.05, 4.69) is 48.0 Å². The van der Waals surface area contributed by atoms with E-state index in [1.54, 1.807) is 11.3 Å². The molecule has 0 saturated carbocycles. The minimum atomic E-state index is 0.647. The van der Waals surface area contributed by atoms with E-state index in [0.717, 1.165) is 48.4 Å². The Hall–Kier alpha value is -1.73. The molecule has 22 heavy (non-hydrogen) atoms. The number of aryl methyl sites for hydroxylation is 3. The first-order chi connectivity index (χ1) is 10.7. The average molecular weight is 316 g/mol. The van der Waals surface area contributed by atoms with Crippen LogP contribution in [0.15, 0.2) is 11.6 Å². The van der Waals surface area contributed by atoms with Crippen LogP contribution >= 0.6 is 11.3 Å². The second-order valence-electron chi connectivity index (χ2n) is 6.01. The molecule has 116 valence electrons. The van der Waals surface area contributed by atoms with Gasteiger partial charge in [0, 0.05) is 37.6 Å². The van der Waals surface area contributed by atoms with Crippen molar-refractivity contribution in [2.45, 2.75) is 39.8 Å². The van der Waals surface area contributed by atoms with E-state index >= 15 is 0 Å². The van der Waals surface area contributed by atoms with Crippen LogP contribution in [0.3, 0.4) is 0 Å². The maximum atomic E-state index is 4.59. The molecule has 1 aliphatic heterocycles. The van der Waals surface area contributed by atoms with Gasteiger partial charge in [-0.05, 0) is 26.2 Å². The van der Waals surface area contributed by atoms with E-state index in [0.29, 0.717) is 5.92 Å². The van der Waals surface area contributed by atoms with Crippen LogP contribution in [0.1, 0.15) is 29.5 Å². The monoisotopic (exact) mass is 316 g/mol. The summed E-state index contributed by atoms with van der Waals surface area (Å²) in [4.78, 5) is 5.67. The number of nitrogens with one attached hydrogen (secondary N) is 1. The largest absolute Gasteiger partial charge is 0.315 e. The maximum absolute atomic E-state index is 4.59. The Morgan fingerprint density at radius 3 is 3.18 bits per heavy atom. The number of thiazole rings is 1. The van der Waals surface area contributed by atoms with E-state index in [9.17, 15) is 0 Å². The van der Waals surface area contributed by atoms with Crippen molar-refractivity contribution in [2.24, 2.45) is 5.92 Å². The lowest BCUT2D eigenvalue weighted by molar-refractivity contribution is 0.343. The fourth-order valence-electron chi connectivity index (χ4n) is 3.25. The number of hydrogen-bond donors (Lipinski definition) is 1. The van der Waals surface area contributed by atoms with Gasteiger partial charge in [-0.15, -0.1) is 21.5 Å². The molecule has 1 atom stereocenters. The number of nitrogens with zero attached hydrogens (tertiary/aromatic N) is 5. The van der Waals surface area contributed by atoms with Crippen molar-refractivity contribution in [1.29, 1.82) is 0 Å². The Bertz CT molecular complexity index is 798. The normalized spacial score (nSPS) is 18.0. The first-order valence-electron chi connectivity index (χ1n) is 7.73. The molecule has 0 aromatic carbocycles. The Morgan fingerprint density at radius 1 is 1.36 bits per heavy atom. The summed E-state index contributed by atoms with van der Waals surface area (Å²) in [6, 6.07) is 0. The predicted molar refractivity (Wildman–Crippen MR) is 86.1 cm³/mol. The van der Waals surface area contributed by atoms with Crippen LogP contribution in [-0.2, 0) is 19.5 Å². The summed E-state index contributed by atoms with van der Waals surface area (Å²) in [5.41, 5.74) is 2.40. The summed E-state index contributed by atoms with van der Waals surface area (Å²) in [7, 11) is 0. The molecule has 7 heteroatoms. The van der Waals surface area contributed by atoms with Crippen LogP contribution in [-0.4, -0.2) is 30.7 Å². The van der Waals surface area contributed by atoms with Crippen LogP contribution in [0.5, 0.6) is 0 Å². The van der Waals surface area contributed by atoms with Crippen LogP contribution in [0.25, 0.3) is 4.96 Å². The molecule has 0 spiro atoms. The number of imidazole rings is 1. The van der Waals surface area contributed by atoms with Crippen LogP contribution < -0.4 is 5.32 Å². The molecular formula is C15H20N6S. The second-order valence-corrected chi connectivity index (χ2v) is 6.88. The van der Waals surface area contributed by atoms with E-state index < -0.39 is 0 Å². The van der Waals surface area contributed by atoms with Gasteiger partial charge < -0.3 is 9.88 Å². The lowest BCUT2D eigenvalue weighted by Gasteiger charge is -2.24. The molecular weight excluding hydrogens is 296 g/mol. The van der Waals surface area contributed by atoms with Crippen molar-refractivity contribution in [3.63, 3.8) is 0 Å². The minimum Gasteiger partial charge on any atom is -0.315 e. The van der Waals surface area contributed by atoms with Gasteiger partial charge in [0.15, 0.2) is 4.96 Å². The first-order valence-corrected chi connectivity index (χ1v) is 8.61. The van der Waals surface area contributed by atoms with Gasteiger partial charge in [-0.25, -0.2) is 4.98 Å². The highest BCUT2D eigenvalue weighted by Crippen LogP contribution is 2.20. The Labute approximate surface area is 133 Å². The van der Waals surface area contributed by atoms with Gasteiger partial charge in [0.25, 0.3) is 0 Å². The molecule has 0 saturated heterocycles. The Kier molecular flexibility index (Phi) is 3.46. The SMILES string of the molecule is Cc1nc2sccn2c1CNCC1CCc2nnc(C)n2C1. The molecule has 1 aliphatic rings. The van der Waals surface area contributed by atoms with Crippen LogP contribution in [0.2, 0.25) is 0 Å². The number of fused-ring (bicyclic) bond motifs is 2. The molecule has 0 amide bonds. The van der Waals surface area contributed by atoms with Crippen LogP contribution in [0.4, 0.5) is 0 Å². The minimum absolute atomic E-state index is 0.647. The Balaban J connectivity index is 1.39. The van der Waals surface area contributed by atoms with Gasteiger partial charge in [0.1, 0.15) is 11.6 Å². The molecule has 0 fully saturated rings. The molecule has 1 N–H and O–H groups in total. The maximum Gasteiger partial charge on any atom is 0.194 e. The van der Waals surface area contributed by atoms with E-state index in [-0.39, 0.29) is 0 Å². The molecule has 4 heterocycles. The van der Waals surface area contributed by atoms with Crippen molar-refractivity contribution >= 4 is 16.3 Å². The van der Waals surface area contributed by atoms with E-state index in [1.807, 2.05) is 6.92 Å². The molecule has 0 radical (unpaired) electrons. The van der Waals surface area contributed by atoms with Gasteiger partial charge >= 0.3 is 0 Å². The van der Waals surface area contributed by atoms with Gasteiger partial charge in [-0.1, -0.05) is 0 Å². The summed E-state index contributed by atoms with van der Waals surface area (Å²) in [5.74, 6) is 2.82. The molecule has 3 aromatic rings. The Morgan fingerprint density at radius 2 is 2.27 bits per heavy atom. The molecule has 4 rings (SSSR count). The lowest BCUT2D eigenvalue weighted by Crippen LogP contribution is -2.30. The summed E-state index contributed by atoms with van der Waals surface area (Å²) < 4.78 is 4.45. The third kappa shape index (κ3) is 2.34. The molecule has 1 unspecified atom stereocenters. The molecule has 0 bridgehead atoms. The summed E-state index contributed by atoms with van der Waals surface area (Å²) in [6.45, 7) is 7.04. The van der Waals surface area contributed by atoms with Gasteiger partial charge in [-0.3, -0.25) is 4.40 Å². The van der Waals surface area contributed by atoms with Crippen molar-refractivity contribution in [1.82, 2.24) is 29.5 Å². The fourth-order valence-corrected chi connectivity index (χ4v) is 4.02. The smallest absolute Gasteiger partial charge is 0.194 e. The van der Waals surface area contributed by atoms with Crippen molar-refractivity contribution in [3.8, 4) is 0 Å². The number of hydrogen-bond acceptors (Lipinski definition) is 5. The molecule has 6 nitrogen and oxygen atoms in total.